The Balaban J connectivity index is 2.68. The summed E-state index contributed by atoms with van der Waals surface area (Å²) in [6, 6.07) is 19.6. The standard InChI is InChI=1S/C23H27NO2/c1-4-5-16-23(22(25)26,17-18(2)3)24-21(19-12-8-6-9-13-19)20-14-10-7-11-15-20/h4-15,18H,16-17H2,1-3H3,(H,25,26)/b5-4+. The van der Waals surface area contributed by atoms with Crippen molar-refractivity contribution >= 4 is 11.7 Å². The van der Waals surface area contributed by atoms with Crippen molar-refractivity contribution in [3.05, 3.63) is 83.9 Å². The molecule has 0 aromatic heterocycles. The van der Waals surface area contributed by atoms with Crippen molar-refractivity contribution in [2.75, 3.05) is 0 Å². The summed E-state index contributed by atoms with van der Waals surface area (Å²) >= 11 is 0. The van der Waals surface area contributed by atoms with Crippen LogP contribution in [0.2, 0.25) is 0 Å². The summed E-state index contributed by atoms with van der Waals surface area (Å²) in [6.07, 6.45) is 4.64. The zero-order valence-electron chi connectivity index (χ0n) is 15.7. The fraction of sp³-hybridized carbons (Fsp3) is 0.304. The number of hydrogen-bond acceptors (Lipinski definition) is 2. The lowest BCUT2D eigenvalue weighted by Gasteiger charge is -2.28. The van der Waals surface area contributed by atoms with Crippen molar-refractivity contribution in [3.8, 4) is 0 Å². The minimum Gasteiger partial charge on any atom is -0.479 e. The van der Waals surface area contributed by atoms with E-state index in [1.165, 1.54) is 0 Å². The van der Waals surface area contributed by atoms with Crippen molar-refractivity contribution < 1.29 is 9.90 Å². The summed E-state index contributed by atoms with van der Waals surface area (Å²) in [6.45, 7) is 5.97. The molecule has 136 valence electrons. The number of aliphatic imine (C=N–C) groups is 1. The Kier molecular flexibility index (Phi) is 6.90. The summed E-state index contributed by atoms with van der Waals surface area (Å²) in [5, 5.41) is 10.1. The lowest BCUT2D eigenvalue weighted by molar-refractivity contribution is -0.143. The molecule has 0 bridgehead atoms. The molecule has 0 aliphatic heterocycles. The van der Waals surface area contributed by atoms with Crippen LogP contribution in [-0.4, -0.2) is 22.3 Å². The topological polar surface area (TPSA) is 49.7 Å². The Hall–Kier alpha value is -2.68. The first-order valence-electron chi connectivity index (χ1n) is 9.04. The van der Waals surface area contributed by atoms with Gasteiger partial charge >= 0.3 is 5.97 Å². The molecule has 0 aliphatic rings. The molecule has 3 heteroatoms. The van der Waals surface area contributed by atoms with Gasteiger partial charge in [-0.05, 0) is 19.3 Å². The van der Waals surface area contributed by atoms with Gasteiger partial charge in [0.2, 0.25) is 0 Å². The van der Waals surface area contributed by atoms with Crippen LogP contribution in [0.25, 0.3) is 0 Å². The number of benzene rings is 2. The van der Waals surface area contributed by atoms with Crippen molar-refractivity contribution in [2.45, 2.75) is 39.2 Å². The molecule has 26 heavy (non-hydrogen) atoms. The highest BCUT2D eigenvalue weighted by Gasteiger charge is 2.38. The number of carboxylic acid groups (broad SMARTS) is 1. The third-order valence-electron chi connectivity index (χ3n) is 4.26. The molecule has 2 aromatic rings. The third-order valence-corrected chi connectivity index (χ3v) is 4.26. The summed E-state index contributed by atoms with van der Waals surface area (Å²) in [4.78, 5) is 17.2. The second-order valence-corrected chi connectivity index (χ2v) is 6.90. The van der Waals surface area contributed by atoms with Crippen molar-refractivity contribution in [2.24, 2.45) is 10.9 Å². The van der Waals surface area contributed by atoms with Crippen LogP contribution in [-0.2, 0) is 4.79 Å². The van der Waals surface area contributed by atoms with Crippen LogP contribution < -0.4 is 0 Å². The lowest BCUT2D eigenvalue weighted by Crippen LogP contribution is -2.39. The van der Waals surface area contributed by atoms with Gasteiger partial charge in [0.05, 0.1) is 5.71 Å². The molecule has 0 radical (unpaired) electrons. The summed E-state index contributed by atoms with van der Waals surface area (Å²) in [5.74, 6) is -0.665. The van der Waals surface area contributed by atoms with E-state index < -0.39 is 11.5 Å². The smallest absolute Gasteiger partial charge is 0.331 e. The molecule has 2 rings (SSSR count). The van der Waals surface area contributed by atoms with Gasteiger partial charge in [-0.3, -0.25) is 4.99 Å². The number of carbonyl (C=O) groups is 1. The average molecular weight is 349 g/mol. The van der Waals surface area contributed by atoms with Crippen molar-refractivity contribution in [1.82, 2.24) is 0 Å². The lowest BCUT2D eigenvalue weighted by atomic mass is 9.85. The highest BCUT2D eigenvalue weighted by atomic mass is 16.4. The van der Waals surface area contributed by atoms with Crippen LogP contribution in [0.1, 0.15) is 44.7 Å². The Morgan fingerprint density at radius 1 is 1.04 bits per heavy atom. The molecule has 1 atom stereocenters. The quantitative estimate of drug-likeness (QED) is 0.515. The van der Waals surface area contributed by atoms with E-state index in [0.29, 0.717) is 12.8 Å². The Morgan fingerprint density at radius 3 is 1.92 bits per heavy atom. The molecule has 3 nitrogen and oxygen atoms in total. The zero-order chi connectivity index (χ0) is 19.0. The minimum atomic E-state index is -1.18. The molecular formula is C23H27NO2. The van der Waals surface area contributed by atoms with E-state index >= 15 is 0 Å². The van der Waals surface area contributed by atoms with E-state index in [2.05, 4.69) is 0 Å². The molecule has 0 aliphatic carbocycles. The molecule has 0 fully saturated rings. The maximum Gasteiger partial charge on any atom is 0.331 e. The van der Waals surface area contributed by atoms with E-state index in [1.807, 2.05) is 93.6 Å². The molecule has 0 saturated carbocycles. The van der Waals surface area contributed by atoms with E-state index in [9.17, 15) is 9.90 Å². The second kappa shape index (κ2) is 9.14. The van der Waals surface area contributed by atoms with Crippen LogP contribution in [0.4, 0.5) is 0 Å². The monoisotopic (exact) mass is 349 g/mol. The van der Waals surface area contributed by atoms with E-state index in [-0.39, 0.29) is 5.92 Å². The van der Waals surface area contributed by atoms with Gasteiger partial charge in [-0.2, -0.15) is 0 Å². The molecule has 0 heterocycles. The van der Waals surface area contributed by atoms with E-state index in [4.69, 9.17) is 4.99 Å². The SMILES string of the molecule is C/C=C/CC(CC(C)C)(N=C(c1ccccc1)c1ccccc1)C(=O)O. The van der Waals surface area contributed by atoms with Crippen LogP contribution in [0, 0.1) is 5.92 Å². The Labute approximate surface area is 156 Å². The zero-order valence-corrected chi connectivity index (χ0v) is 15.7. The molecular weight excluding hydrogens is 322 g/mol. The van der Waals surface area contributed by atoms with Gasteiger partial charge in [0.1, 0.15) is 0 Å². The van der Waals surface area contributed by atoms with Gasteiger partial charge < -0.3 is 5.11 Å². The first kappa shape index (κ1) is 19.6. The van der Waals surface area contributed by atoms with E-state index in [0.717, 1.165) is 16.8 Å². The fourth-order valence-corrected chi connectivity index (χ4v) is 3.09. The molecule has 0 spiro atoms. The van der Waals surface area contributed by atoms with Gasteiger partial charge in [-0.25, -0.2) is 4.79 Å². The van der Waals surface area contributed by atoms with Gasteiger partial charge in [-0.15, -0.1) is 0 Å². The van der Waals surface area contributed by atoms with Gasteiger partial charge in [0.25, 0.3) is 0 Å². The first-order valence-corrected chi connectivity index (χ1v) is 9.04. The van der Waals surface area contributed by atoms with Crippen LogP contribution in [0.15, 0.2) is 77.8 Å². The molecule has 0 saturated heterocycles. The van der Waals surface area contributed by atoms with Crippen LogP contribution in [0.3, 0.4) is 0 Å². The number of nitrogens with zero attached hydrogens (tertiary/aromatic N) is 1. The predicted octanol–water partition coefficient (Wildman–Crippen LogP) is 5.36. The largest absolute Gasteiger partial charge is 0.479 e. The third kappa shape index (κ3) is 4.92. The van der Waals surface area contributed by atoms with Gasteiger partial charge in [0.15, 0.2) is 5.54 Å². The summed E-state index contributed by atoms with van der Waals surface area (Å²) < 4.78 is 0. The first-order chi connectivity index (χ1) is 12.5. The Morgan fingerprint density at radius 2 is 1.54 bits per heavy atom. The molecule has 1 N–H and O–H groups in total. The van der Waals surface area contributed by atoms with Crippen LogP contribution in [0.5, 0.6) is 0 Å². The van der Waals surface area contributed by atoms with E-state index in [1.54, 1.807) is 0 Å². The Bertz CT molecular complexity index is 722. The highest BCUT2D eigenvalue weighted by molar-refractivity contribution is 6.13. The molecule has 0 amide bonds. The van der Waals surface area contributed by atoms with Gasteiger partial charge in [0, 0.05) is 17.5 Å². The summed E-state index contributed by atoms with van der Waals surface area (Å²) in [5.41, 5.74) is 1.39. The number of hydrogen-bond donors (Lipinski definition) is 1. The highest BCUT2D eigenvalue weighted by Crippen LogP contribution is 2.29. The normalized spacial score (nSPS) is 13.5. The minimum absolute atomic E-state index is 0.216. The molecule has 2 aromatic carbocycles. The number of allylic oxidation sites excluding steroid dienone is 1. The fourth-order valence-electron chi connectivity index (χ4n) is 3.09. The maximum absolute atomic E-state index is 12.3. The number of rotatable bonds is 8. The van der Waals surface area contributed by atoms with Gasteiger partial charge in [-0.1, -0.05) is 86.7 Å². The average Bonchev–Trinajstić information content (AvgIpc) is 2.64. The van der Waals surface area contributed by atoms with Crippen molar-refractivity contribution in [1.29, 1.82) is 0 Å². The van der Waals surface area contributed by atoms with Crippen LogP contribution >= 0.6 is 0 Å². The van der Waals surface area contributed by atoms with Crippen molar-refractivity contribution in [3.63, 3.8) is 0 Å². The predicted molar refractivity (Wildman–Crippen MR) is 108 cm³/mol. The number of aliphatic carboxylic acids is 1. The summed E-state index contributed by atoms with van der Waals surface area (Å²) in [7, 11) is 0. The molecule has 1 unspecified atom stereocenters. The maximum atomic E-state index is 12.3. The second-order valence-electron chi connectivity index (χ2n) is 6.90. The number of carboxylic acids is 1.